The highest BCUT2D eigenvalue weighted by molar-refractivity contribution is 7.92. The van der Waals surface area contributed by atoms with Gasteiger partial charge < -0.3 is 0 Å². The third kappa shape index (κ3) is 4.12. The normalized spacial score (nSPS) is 11.5. The molecule has 0 radical (unpaired) electrons. The van der Waals surface area contributed by atoms with Gasteiger partial charge in [0.15, 0.2) is 0 Å². The van der Waals surface area contributed by atoms with Gasteiger partial charge in [-0.25, -0.2) is 26.6 Å². The van der Waals surface area contributed by atoms with Crippen LogP contribution in [-0.2, 0) is 16.6 Å². The Morgan fingerprint density at radius 3 is 2.54 bits per heavy atom. The van der Waals surface area contributed by atoms with Gasteiger partial charge in [0.05, 0.1) is 16.6 Å². The molecule has 3 rings (SSSR count). The Morgan fingerprint density at radius 1 is 1.08 bits per heavy atom. The fourth-order valence-electron chi connectivity index (χ4n) is 2.11. The monoisotopic (exact) mass is 418 g/mol. The van der Waals surface area contributed by atoms with E-state index in [1.807, 2.05) is 4.72 Å². The number of benzene rings is 2. The Hall–Kier alpha value is -2.23. The molecule has 0 amide bonds. The lowest BCUT2D eigenvalue weighted by molar-refractivity contribution is 0.551. The number of nitrogens with one attached hydrogen (secondary N) is 1. The topological polar surface area (TPSA) is 76.9 Å². The van der Waals surface area contributed by atoms with Crippen LogP contribution >= 0.6 is 23.2 Å². The Labute approximate surface area is 157 Å². The highest BCUT2D eigenvalue weighted by Gasteiger charge is 2.21. The van der Waals surface area contributed by atoms with Crippen LogP contribution < -0.4 is 4.72 Å². The van der Waals surface area contributed by atoms with Gasteiger partial charge in [-0.2, -0.15) is 4.98 Å². The number of hydrogen-bond acceptors (Lipinski definition) is 4. The maximum absolute atomic E-state index is 13.7. The van der Waals surface area contributed by atoms with Gasteiger partial charge >= 0.3 is 0 Å². The third-order valence-corrected chi connectivity index (χ3v) is 5.37. The maximum atomic E-state index is 13.7. The number of hydrogen-bond donors (Lipinski definition) is 1. The predicted octanol–water partition coefficient (Wildman–Crippen LogP) is 3.71. The fourth-order valence-corrected chi connectivity index (χ4v) is 3.44. The molecule has 6 nitrogen and oxygen atoms in total. The van der Waals surface area contributed by atoms with Crippen molar-refractivity contribution in [2.45, 2.75) is 11.4 Å². The molecular formula is C15H10Cl2F2N4O2S. The molecule has 11 heteroatoms. The van der Waals surface area contributed by atoms with Crippen LogP contribution in [0.1, 0.15) is 5.56 Å². The number of rotatable bonds is 5. The van der Waals surface area contributed by atoms with Crippen molar-refractivity contribution in [2.24, 2.45) is 0 Å². The van der Waals surface area contributed by atoms with Crippen LogP contribution in [0.25, 0.3) is 0 Å². The van der Waals surface area contributed by atoms with Gasteiger partial charge in [0.2, 0.25) is 0 Å². The molecule has 0 saturated carbocycles. The molecule has 0 spiro atoms. The van der Waals surface area contributed by atoms with Crippen LogP contribution in [0.5, 0.6) is 0 Å². The van der Waals surface area contributed by atoms with E-state index in [1.54, 1.807) is 18.2 Å². The summed E-state index contributed by atoms with van der Waals surface area (Å²) in [7, 11) is -4.30. The van der Waals surface area contributed by atoms with Crippen LogP contribution in [0.4, 0.5) is 14.7 Å². The summed E-state index contributed by atoms with van der Waals surface area (Å²) >= 11 is 11.8. The van der Waals surface area contributed by atoms with Crippen LogP contribution in [0.15, 0.2) is 47.6 Å². The molecule has 1 heterocycles. The van der Waals surface area contributed by atoms with E-state index in [0.29, 0.717) is 16.1 Å². The number of halogens is 4. The molecule has 0 aliphatic carbocycles. The lowest BCUT2D eigenvalue weighted by Gasteiger charge is -2.06. The van der Waals surface area contributed by atoms with Gasteiger partial charge in [-0.3, -0.25) is 0 Å². The molecule has 1 N–H and O–H groups in total. The van der Waals surface area contributed by atoms with Gasteiger partial charge in [0.25, 0.3) is 16.0 Å². The number of nitrogens with zero attached hydrogens (tertiary/aromatic N) is 3. The summed E-state index contributed by atoms with van der Waals surface area (Å²) in [5, 5.41) is 4.74. The molecule has 1 aromatic heterocycles. The van der Waals surface area contributed by atoms with Crippen molar-refractivity contribution in [1.29, 1.82) is 0 Å². The Morgan fingerprint density at radius 2 is 1.85 bits per heavy atom. The maximum Gasteiger partial charge on any atom is 0.267 e. The highest BCUT2D eigenvalue weighted by atomic mass is 35.5. The van der Waals surface area contributed by atoms with Crippen molar-refractivity contribution in [1.82, 2.24) is 14.8 Å². The fraction of sp³-hybridized carbons (Fsp3) is 0.0667. The first-order valence-corrected chi connectivity index (χ1v) is 9.30. The molecule has 136 valence electrons. The van der Waals surface area contributed by atoms with E-state index >= 15 is 0 Å². The van der Waals surface area contributed by atoms with E-state index in [2.05, 4.69) is 10.1 Å². The summed E-state index contributed by atoms with van der Waals surface area (Å²) in [6, 6.07) is 7.13. The zero-order chi connectivity index (χ0) is 18.9. The second-order valence-electron chi connectivity index (χ2n) is 5.19. The van der Waals surface area contributed by atoms with E-state index in [-0.39, 0.29) is 12.5 Å². The molecule has 0 aliphatic rings. The second-order valence-corrected chi connectivity index (χ2v) is 7.66. The average Bonchev–Trinajstić information content (AvgIpc) is 2.96. The Kier molecular flexibility index (Phi) is 5.12. The van der Waals surface area contributed by atoms with Gasteiger partial charge in [-0.1, -0.05) is 29.3 Å². The lowest BCUT2D eigenvalue weighted by Crippen LogP contribution is -2.16. The third-order valence-electron chi connectivity index (χ3n) is 3.27. The van der Waals surface area contributed by atoms with E-state index in [1.165, 1.54) is 11.0 Å². The Balaban J connectivity index is 1.78. The summed E-state index contributed by atoms with van der Waals surface area (Å²) in [5.74, 6) is -2.35. The molecule has 0 fully saturated rings. The van der Waals surface area contributed by atoms with E-state index in [0.717, 1.165) is 17.7 Å². The lowest BCUT2D eigenvalue weighted by atomic mass is 10.2. The molecule has 0 aliphatic heterocycles. The van der Waals surface area contributed by atoms with Gasteiger partial charge in [0.1, 0.15) is 22.9 Å². The van der Waals surface area contributed by atoms with Crippen molar-refractivity contribution in [3.8, 4) is 0 Å². The van der Waals surface area contributed by atoms with Gasteiger partial charge in [0, 0.05) is 6.07 Å². The van der Waals surface area contributed by atoms with Crippen molar-refractivity contribution in [2.75, 3.05) is 4.72 Å². The van der Waals surface area contributed by atoms with E-state index < -0.39 is 26.6 Å². The Bertz CT molecular complexity index is 1070. The van der Waals surface area contributed by atoms with Crippen molar-refractivity contribution < 1.29 is 17.2 Å². The van der Waals surface area contributed by atoms with E-state index in [4.69, 9.17) is 23.2 Å². The van der Waals surface area contributed by atoms with E-state index in [9.17, 15) is 17.2 Å². The standard InChI is InChI=1S/C15H10Cl2F2N4O2S/c16-11-3-1-9(5-12(11)17)7-23-8-20-15(21-23)22-26(24,25)14-4-2-10(18)6-13(14)19/h1-6,8H,7H2,(H,21,22). The summed E-state index contributed by atoms with van der Waals surface area (Å²) < 4.78 is 54.4. The van der Waals surface area contributed by atoms with Gasteiger partial charge in [-0.05, 0) is 29.8 Å². The molecule has 0 bridgehead atoms. The van der Waals surface area contributed by atoms with Crippen molar-refractivity contribution >= 4 is 39.2 Å². The predicted molar refractivity (Wildman–Crippen MR) is 92.8 cm³/mol. The quantitative estimate of drug-likeness (QED) is 0.684. The molecule has 0 atom stereocenters. The summed E-state index contributed by atoms with van der Waals surface area (Å²) in [4.78, 5) is 3.11. The van der Waals surface area contributed by atoms with Crippen molar-refractivity contribution in [3.05, 3.63) is 70.0 Å². The number of sulfonamides is 1. The summed E-state index contributed by atoms with van der Waals surface area (Å²) in [6.45, 7) is 0.260. The average molecular weight is 419 g/mol. The number of anilines is 1. The van der Waals surface area contributed by atoms with Crippen LogP contribution in [-0.4, -0.2) is 23.2 Å². The first kappa shape index (κ1) is 18.6. The molecule has 0 saturated heterocycles. The van der Waals surface area contributed by atoms with Crippen LogP contribution in [0.3, 0.4) is 0 Å². The smallest absolute Gasteiger partial charge is 0.246 e. The SMILES string of the molecule is O=S(=O)(Nc1ncn(Cc2ccc(Cl)c(Cl)c2)n1)c1ccc(F)cc1F. The van der Waals surface area contributed by atoms with Crippen molar-refractivity contribution in [3.63, 3.8) is 0 Å². The van der Waals surface area contributed by atoms with Crippen LogP contribution in [0, 0.1) is 11.6 Å². The van der Waals surface area contributed by atoms with Gasteiger partial charge in [-0.15, -0.1) is 5.10 Å². The number of aromatic nitrogens is 3. The summed E-state index contributed by atoms with van der Waals surface area (Å²) in [6.07, 6.45) is 1.29. The molecule has 2 aromatic carbocycles. The first-order chi connectivity index (χ1) is 12.2. The minimum atomic E-state index is -4.30. The summed E-state index contributed by atoms with van der Waals surface area (Å²) in [5.41, 5.74) is 0.767. The molecule has 0 unspecified atom stereocenters. The minimum absolute atomic E-state index is 0.256. The highest BCUT2D eigenvalue weighted by Crippen LogP contribution is 2.23. The zero-order valence-corrected chi connectivity index (χ0v) is 15.2. The molecule has 3 aromatic rings. The first-order valence-electron chi connectivity index (χ1n) is 7.06. The van der Waals surface area contributed by atoms with Crippen LogP contribution in [0.2, 0.25) is 10.0 Å². The molecular weight excluding hydrogens is 409 g/mol. The second kappa shape index (κ2) is 7.18. The molecule has 26 heavy (non-hydrogen) atoms. The largest absolute Gasteiger partial charge is 0.267 e. The minimum Gasteiger partial charge on any atom is -0.246 e. The zero-order valence-electron chi connectivity index (χ0n) is 12.8.